The van der Waals surface area contributed by atoms with E-state index in [-0.39, 0.29) is 18.0 Å². The molecule has 1 heterocycles. The number of benzene rings is 1. The maximum atomic E-state index is 12.0. The molecule has 1 aliphatic rings. The number of Topliss-reactive ketones (excluding diaryl/α,β-unsaturated/α-hetero) is 1. The molecule has 2 atom stereocenters. The first-order chi connectivity index (χ1) is 9.60. The Morgan fingerprint density at radius 3 is 2.35 bits per heavy atom. The van der Waals surface area contributed by atoms with Crippen LogP contribution in [0.3, 0.4) is 0 Å². The average molecular weight is 275 g/mol. The number of anilines is 1. The van der Waals surface area contributed by atoms with E-state index < -0.39 is 0 Å². The number of carbonyl (C=O) groups is 1. The first-order valence-corrected chi connectivity index (χ1v) is 7.63. The van der Waals surface area contributed by atoms with Crippen LogP contribution < -0.4 is 4.90 Å². The van der Waals surface area contributed by atoms with E-state index in [1.54, 1.807) is 0 Å². The first kappa shape index (κ1) is 15.0. The summed E-state index contributed by atoms with van der Waals surface area (Å²) in [6.45, 7) is 8.13. The molecule has 2 rings (SSSR count). The fourth-order valence-electron chi connectivity index (χ4n) is 2.73. The number of carbonyl (C=O) groups excluding carboxylic acids is 1. The molecule has 20 heavy (non-hydrogen) atoms. The highest BCUT2D eigenvalue weighted by molar-refractivity contribution is 5.96. The molecule has 3 nitrogen and oxygen atoms in total. The third-order valence-electron chi connectivity index (χ3n) is 3.73. The minimum absolute atomic E-state index is 0.252. The molecule has 110 valence electrons. The van der Waals surface area contributed by atoms with Crippen LogP contribution in [0.25, 0.3) is 0 Å². The van der Waals surface area contributed by atoms with Gasteiger partial charge in [-0.2, -0.15) is 0 Å². The van der Waals surface area contributed by atoms with E-state index >= 15 is 0 Å². The second-order valence-corrected chi connectivity index (χ2v) is 5.74. The average Bonchev–Trinajstić information content (AvgIpc) is 2.44. The molecule has 0 radical (unpaired) electrons. The lowest BCUT2D eigenvalue weighted by Gasteiger charge is -2.36. The van der Waals surface area contributed by atoms with Crippen molar-refractivity contribution in [3.63, 3.8) is 0 Å². The van der Waals surface area contributed by atoms with E-state index in [1.807, 2.05) is 12.1 Å². The molecule has 0 aliphatic carbocycles. The Morgan fingerprint density at radius 1 is 1.20 bits per heavy atom. The molecule has 1 fully saturated rings. The summed E-state index contributed by atoms with van der Waals surface area (Å²) in [5, 5.41) is 0. The van der Waals surface area contributed by atoms with Crippen LogP contribution in [0.5, 0.6) is 0 Å². The van der Waals surface area contributed by atoms with Crippen molar-refractivity contribution in [3.05, 3.63) is 29.8 Å². The quantitative estimate of drug-likeness (QED) is 0.768. The number of rotatable bonds is 5. The van der Waals surface area contributed by atoms with Gasteiger partial charge in [-0.05, 0) is 44.5 Å². The molecule has 0 spiro atoms. The van der Waals surface area contributed by atoms with Gasteiger partial charge in [-0.1, -0.05) is 13.3 Å². The summed E-state index contributed by atoms with van der Waals surface area (Å²) in [6.07, 6.45) is 3.20. The molecule has 1 saturated heterocycles. The van der Waals surface area contributed by atoms with Crippen molar-refractivity contribution in [2.24, 2.45) is 0 Å². The highest BCUT2D eigenvalue weighted by atomic mass is 16.5. The van der Waals surface area contributed by atoms with Gasteiger partial charge in [-0.15, -0.1) is 0 Å². The Balaban J connectivity index is 2.02. The van der Waals surface area contributed by atoms with Crippen molar-refractivity contribution in [1.29, 1.82) is 0 Å². The van der Waals surface area contributed by atoms with Crippen LogP contribution in [0.2, 0.25) is 0 Å². The minimum atomic E-state index is 0.252. The molecule has 0 amide bonds. The summed E-state index contributed by atoms with van der Waals surface area (Å²) < 4.78 is 5.75. The minimum Gasteiger partial charge on any atom is -0.372 e. The maximum absolute atomic E-state index is 12.0. The third-order valence-corrected chi connectivity index (χ3v) is 3.73. The van der Waals surface area contributed by atoms with Crippen LogP contribution in [-0.2, 0) is 4.74 Å². The first-order valence-electron chi connectivity index (χ1n) is 7.63. The Kier molecular flexibility index (Phi) is 5.18. The molecular formula is C17H25NO2. The molecule has 1 aromatic carbocycles. The number of ether oxygens (including phenoxy) is 1. The van der Waals surface area contributed by atoms with E-state index in [2.05, 4.69) is 37.8 Å². The van der Waals surface area contributed by atoms with Crippen LogP contribution in [0.1, 0.15) is 50.4 Å². The number of unbranched alkanes of at least 4 members (excludes halogenated alkanes) is 1. The summed E-state index contributed by atoms with van der Waals surface area (Å²) in [5.41, 5.74) is 2.01. The summed E-state index contributed by atoms with van der Waals surface area (Å²) in [7, 11) is 0. The molecule has 0 saturated carbocycles. The zero-order valence-electron chi connectivity index (χ0n) is 12.8. The van der Waals surface area contributed by atoms with Gasteiger partial charge in [0.25, 0.3) is 0 Å². The van der Waals surface area contributed by atoms with E-state index in [0.29, 0.717) is 6.42 Å². The highest BCUT2D eigenvalue weighted by Gasteiger charge is 2.22. The molecule has 1 aromatic rings. The standard InChI is InChI=1S/C17H25NO2/c1-4-5-6-17(19)15-7-9-16(10-8-15)18-11-13(2)20-14(3)12-18/h7-10,13-14H,4-6,11-12H2,1-3H3. The molecule has 2 unspecified atom stereocenters. The van der Waals surface area contributed by atoms with Gasteiger partial charge < -0.3 is 9.64 Å². The van der Waals surface area contributed by atoms with Gasteiger partial charge in [-0.3, -0.25) is 4.79 Å². The number of hydrogen-bond donors (Lipinski definition) is 0. The summed E-state index contributed by atoms with van der Waals surface area (Å²) in [6, 6.07) is 8.03. The molecule has 3 heteroatoms. The second-order valence-electron chi connectivity index (χ2n) is 5.74. The second kappa shape index (κ2) is 6.89. The molecule has 0 N–H and O–H groups in total. The van der Waals surface area contributed by atoms with E-state index in [1.165, 1.54) is 5.69 Å². The summed E-state index contributed by atoms with van der Waals surface area (Å²) in [5.74, 6) is 0.252. The van der Waals surface area contributed by atoms with Gasteiger partial charge in [0.1, 0.15) is 0 Å². The SMILES string of the molecule is CCCCC(=O)c1ccc(N2CC(C)OC(C)C2)cc1. The number of ketones is 1. The molecule has 0 aromatic heterocycles. The van der Waals surface area contributed by atoms with Gasteiger partial charge >= 0.3 is 0 Å². The van der Waals surface area contributed by atoms with Crippen molar-refractivity contribution in [3.8, 4) is 0 Å². The largest absolute Gasteiger partial charge is 0.372 e. The van der Waals surface area contributed by atoms with E-state index in [0.717, 1.165) is 31.5 Å². The Bertz CT molecular complexity index is 431. The Morgan fingerprint density at radius 2 is 1.80 bits per heavy atom. The van der Waals surface area contributed by atoms with Gasteiger partial charge in [0.05, 0.1) is 12.2 Å². The monoisotopic (exact) mass is 275 g/mol. The third kappa shape index (κ3) is 3.83. The summed E-state index contributed by atoms with van der Waals surface area (Å²) in [4.78, 5) is 14.3. The van der Waals surface area contributed by atoms with Crippen molar-refractivity contribution in [1.82, 2.24) is 0 Å². The molecular weight excluding hydrogens is 250 g/mol. The lowest BCUT2D eigenvalue weighted by Crippen LogP contribution is -2.45. The van der Waals surface area contributed by atoms with Crippen molar-refractivity contribution in [2.75, 3.05) is 18.0 Å². The van der Waals surface area contributed by atoms with E-state index in [4.69, 9.17) is 4.74 Å². The number of morpholine rings is 1. The lowest BCUT2D eigenvalue weighted by molar-refractivity contribution is -0.00522. The zero-order valence-corrected chi connectivity index (χ0v) is 12.8. The van der Waals surface area contributed by atoms with E-state index in [9.17, 15) is 4.79 Å². The van der Waals surface area contributed by atoms with Crippen LogP contribution in [0.15, 0.2) is 24.3 Å². The van der Waals surface area contributed by atoms with Crippen LogP contribution in [-0.4, -0.2) is 31.1 Å². The molecule has 1 aliphatic heterocycles. The smallest absolute Gasteiger partial charge is 0.162 e. The van der Waals surface area contributed by atoms with Crippen molar-refractivity contribution in [2.45, 2.75) is 52.2 Å². The predicted octanol–water partition coefficient (Wildman–Crippen LogP) is 3.67. The fraction of sp³-hybridized carbons (Fsp3) is 0.588. The number of nitrogens with zero attached hydrogens (tertiary/aromatic N) is 1. The lowest BCUT2D eigenvalue weighted by atomic mass is 10.0. The van der Waals surface area contributed by atoms with Crippen molar-refractivity contribution < 1.29 is 9.53 Å². The zero-order chi connectivity index (χ0) is 14.5. The maximum Gasteiger partial charge on any atom is 0.162 e. The number of hydrogen-bond acceptors (Lipinski definition) is 3. The van der Waals surface area contributed by atoms with Gasteiger partial charge in [0, 0.05) is 30.8 Å². The normalized spacial score (nSPS) is 22.9. The Labute approximate surface area is 121 Å². The predicted molar refractivity (Wildman–Crippen MR) is 82.5 cm³/mol. The van der Waals surface area contributed by atoms with Crippen LogP contribution in [0, 0.1) is 0 Å². The van der Waals surface area contributed by atoms with Crippen molar-refractivity contribution >= 4 is 11.5 Å². The summed E-state index contributed by atoms with van der Waals surface area (Å²) >= 11 is 0. The highest BCUT2D eigenvalue weighted by Crippen LogP contribution is 2.21. The van der Waals surface area contributed by atoms with Gasteiger partial charge in [0.2, 0.25) is 0 Å². The molecule has 0 bridgehead atoms. The Hall–Kier alpha value is -1.35. The van der Waals surface area contributed by atoms with Gasteiger partial charge in [0.15, 0.2) is 5.78 Å². The van der Waals surface area contributed by atoms with Crippen LogP contribution >= 0.6 is 0 Å². The fourth-order valence-corrected chi connectivity index (χ4v) is 2.73. The van der Waals surface area contributed by atoms with Crippen LogP contribution in [0.4, 0.5) is 5.69 Å². The topological polar surface area (TPSA) is 29.5 Å². The van der Waals surface area contributed by atoms with Gasteiger partial charge in [-0.25, -0.2) is 0 Å².